The molecule has 0 bridgehead atoms. The van der Waals surface area contributed by atoms with Gasteiger partial charge in [0.25, 0.3) is 0 Å². The minimum Gasteiger partial charge on any atom is -0.496 e. The van der Waals surface area contributed by atoms with Gasteiger partial charge in [-0.05, 0) is 49.1 Å². The van der Waals surface area contributed by atoms with Crippen molar-refractivity contribution in [3.63, 3.8) is 0 Å². The van der Waals surface area contributed by atoms with Crippen LogP contribution >= 0.6 is 23.2 Å². The van der Waals surface area contributed by atoms with E-state index in [1.54, 1.807) is 18.2 Å². The molecule has 0 N–H and O–H groups in total. The van der Waals surface area contributed by atoms with Gasteiger partial charge in [-0.3, -0.25) is 0 Å². The number of hydrogen-bond donors (Lipinski definition) is 0. The molecule has 0 unspecified atom stereocenters. The molecule has 1 aliphatic heterocycles. The summed E-state index contributed by atoms with van der Waals surface area (Å²) in [6.45, 7) is 1.78. The summed E-state index contributed by atoms with van der Waals surface area (Å²) in [7, 11) is 1.47. The van der Waals surface area contributed by atoms with Crippen LogP contribution in [0.2, 0.25) is 10.3 Å². The Kier molecular flexibility index (Phi) is 5.02. The van der Waals surface area contributed by atoms with Gasteiger partial charge in [0, 0.05) is 13.1 Å². The number of methoxy groups -OCH3 is 1. The van der Waals surface area contributed by atoms with E-state index in [0.29, 0.717) is 27.6 Å². The summed E-state index contributed by atoms with van der Waals surface area (Å²) in [4.78, 5) is 15.3. The molecule has 5 nitrogen and oxygen atoms in total. The van der Waals surface area contributed by atoms with Crippen LogP contribution in [0.15, 0.2) is 24.3 Å². The van der Waals surface area contributed by atoms with E-state index in [4.69, 9.17) is 27.9 Å². The van der Waals surface area contributed by atoms with Crippen molar-refractivity contribution in [2.24, 2.45) is 0 Å². The van der Waals surface area contributed by atoms with Crippen LogP contribution in [0.5, 0.6) is 5.75 Å². The van der Waals surface area contributed by atoms with Crippen molar-refractivity contribution in [2.75, 3.05) is 25.1 Å². The Hall–Kier alpha value is -2.18. The predicted octanol–water partition coefficient (Wildman–Crippen LogP) is 5.14. The molecular weight excluding hydrogens is 390 g/mol. The summed E-state index contributed by atoms with van der Waals surface area (Å²) in [5.74, 6) is 0.589. The lowest BCUT2D eigenvalue weighted by atomic mass is 10.1. The second kappa shape index (κ2) is 7.44. The van der Waals surface area contributed by atoms with E-state index in [-0.39, 0.29) is 16.5 Å². The summed E-state index contributed by atoms with van der Waals surface area (Å²) < 4.78 is 19.8. The Bertz CT molecular complexity index is 1010. The standard InChI is InChI=1S/C19H17Cl2FN4O/c1-27-14-7-5-6-13(22)15(14)16-12(20)10-11-17(23-16)24-19(21)25-18(11)26-8-3-2-4-9-26/h5-7,10H,2-4,8-9H2,1H3. The van der Waals surface area contributed by atoms with Gasteiger partial charge in [0.2, 0.25) is 5.28 Å². The topological polar surface area (TPSA) is 51.1 Å². The molecule has 0 amide bonds. The van der Waals surface area contributed by atoms with Crippen LogP contribution in [0.4, 0.5) is 10.2 Å². The highest BCUT2D eigenvalue weighted by Gasteiger charge is 2.22. The SMILES string of the molecule is COc1cccc(F)c1-c1nc2nc(Cl)nc(N3CCCCC3)c2cc1Cl. The first-order valence-electron chi connectivity index (χ1n) is 8.70. The fraction of sp³-hybridized carbons (Fsp3) is 0.316. The van der Waals surface area contributed by atoms with E-state index >= 15 is 0 Å². The molecule has 4 rings (SSSR count). The maximum Gasteiger partial charge on any atom is 0.226 e. The zero-order chi connectivity index (χ0) is 19.0. The van der Waals surface area contributed by atoms with Gasteiger partial charge >= 0.3 is 0 Å². The first kappa shape index (κ1) is 18.2. The Morgan fingerprint density at radius 1 is 1.07 bits per heavy atom. The highest BCUT2D eigenvalue weighted by molar-refractivity contribution is 6.34. The number of rotatable bonds is 3. The van der Waals surface area contributed by atoms with Crippen LogP contribution in [0.1, 0.15) is 19.3 Å². The maximum absolute atomic E-state index is 14.5. The lowest BCUT2D eigenvalue weighted by Crippen LogP contribution is -2.30. The van der Waals surface area contributed by atoms with Crippen LogP contribution < -0.4 is 9.64 Å². The second-order valence-electron chi connectivity index (χ2n) is 6.37. The first-order valence-corrected chi connectivity index (χ1v) is 9.45. The fourth-order valence-corrected chi connectivity index (χ4v) is 3.82. The molecule has 0 atom stereocenters. The number of nitrogens with zero attached hydrogens (tertiary/aromatic N) is 4. The molecule has 8 heteroatoms. The summed E-state index contributed by atoms with van der Waals surface area (Å²) in [5.41, 5.74) is 0.833. The third-order valence-corrected chi connectivity index (χ3v) is 5.14. The third kappa shape index (κ3) is 3.39. The molecule has 0 saturated carbocycles. The van der Waals surface area contributed by atoms with Gasteiger partial charge in [-0.15, -0.1) is 0 Å². The van der Waals surface area contributed by atoms with Gasteiger partial charge in [0.05, 0.1) is 28.8 Å². The summed E-state index contributed by atoms with van der Waals surface area (Å²) in [5, 5.41) is 1.10. The third-order valence-electron chi connectivity index (χ3n) is 4.68. The lowest BCUT2D eigenvalue weighted by molar-refractivity contribution is 0.413. The number of hydrogen-bond acceptors (Lipinski definition) is 5. The molecule has 3 heterocycles. The Balaban J connectivity index is 1.93. The normalized spacial score (nSPS) is 14.6. The van der Waals surface area contributed by atoms with Crippen LogP contribution in [-0.4, -0.2) is 35.2 Å². The van der Waals surface area contributed by atoms with E-state index in [9.17, 15) is 4.39 Å². The van der Waals surface area contributed by atoms with Crippen molar-refractivity contribution in [1.29, 1.82) is 0 Å². The Labute approximate surface area is 166 Å². The number of halogens is 3. The van der Waals surface area contributed by atoms with E-state index in [0.717, 1.165) is 25.9 Å². The highest BCUT2D eigenvalue weighted by Crippen LogP contribution is 2.38. The Morgan fingerprint density at radius 2 is 1.85 bits per heavy atom. The number of pyridine rings is 1. The summed E-state index contributed by atoms with van der Waals surface area (Å²) in [6.07, 6.45) is 3.38. The number of benzene rings is 1. The molecule has 1 aliphatic rings. The monoisotopic (exact) mass is 406 g/mol. The molecule has 2 aromatic heterocycles. The minimum absolute atomic E-state index is 0.101. The van der Waals surface area contributed by atoms with E-state index in [1.807, 2.05) is 0 Å². The molecule has 0 spiro atoms. The van der Waals surface area contributed by atoms with Crippen molar-refractivity contribution >= 4 is 40.1 Å². The molecule has 27 heavy (non-hydrogen) atoms. The van der Waals surface area contributed by atoms with Crippen molar-refractivity contribution in [3.8, 4) is 17.0 Å². The lowest BCUT2D eigenvalue weighted by Gasteiger charge is -2.28. The van der Waals surface area contributed by atoms with Gasteiger partial charge in [-0.2, -0.15) is 9.97 Å². The summed E-state index contributed by atoms with van der Waals surface area (Å²) >= 11 is 12.6. The van der Waals surface area contributed by atoms with Crippen molar-refractivity contribution in [1.82, 2.24) is 15.0 Å². The first-order chi connectivity index (χ1) is 13.1. The predicted molar refractivity (Wildman–Crippen MR) is 105 cm³/mol. The molecule has 140 valence electrons. The average Bonchev–Trinajstić information content (AvgIpc) is 2.68. The summed E-state index contributed by atoms with van der Waals surface area (Å²) in [6, 6.07) is 6.30. The molecule has 1 fully saturated rings. The average molecular weight is 407 g/mol. The minimum atomic E-state index is -0.473. The van der Waals surface area contributed by atoms with Crippen molar-refractivity contribution in [3.05, 3.63) is 40.4 Å². The van der Waals surface area contributed by atoms with Gasteiger partial charge in [0.15, 0.2) is 5.65 Å². The number of aromatic nitrogens is 3. The second-order valence-corrected chi connectivity index (χ2v) is 7.12. The largest absolute Gasteiger partial charge is 0.496 e. The Morgan fingerprint density at radius 3 is 2.59 bits per heavy atom. The van der Waals surface area contributed by atoms with Crippen LogP contribution in [0.3, 0.4) is 0 Å². The molecule has 0 radical (unpaired) electrons. The highest BCUT2D eigenvalue weighted by atomic mass is 35.5. The number of anilines is 1. The number of ether oxygens (including phenoxy) is 1. The van der Waals surface area contributed by atoms with Crippen molar-refractivity contribution < 1.29 is 9.13 Å². The molecule has 3 aromatic rings. The fourth-order valence-electron chi connectivity index (χ4n) is 3.42. The van der Waals surface area contributed by atoms with Gasteiger partial charge in [-0.1, -0.05) is 17.7 Å². The quantitative estimate of drug-likeness (QED) is 0.563. The van der Waals surface area contributed by atoms with Gasteiger partial charge < -0.3 is 9.64 Å². The van der Waals surface area contributed by atoms with Gasteiger partial charge in [-0.25, -0.2) is 9.37 Å². The maximum atomic E-state index is 14.5. The zero-order valence-corrected chi connectivity index (χ0v) is 16.2. The molecule has 0 aliphatic carbocycles. The number of fused-ring (bicyclic) bond motifs is 1. The van der Waals surface area contributed by atoms with Crippen LogP contribution in [-0.2, 0) is 0 Å². The van der Waals surface area contributed by atoms with E-state index in [1.165, 1.54) is 19.6 Å². The zero-order valence-electron chi connectivity index (χ0n) is 14.7. The van der Waals surface area contributed by atoms with E-state index in [2.05, 4.69) is 19.9 Å². The molecular formula is C19H17Cl2FN4O. The van der Waals surface area contributed by atoms with E-state index < -0.39 is 5.82 Å². The van der Waals surface area contributed by atoms with Crippen LogP contribution in [0, 0.1) is 5.82 Å². The molecule has 1 saturated heterocycles. The van der Waals surface area contributed by atoms with Crippen molar-refractivity contribution in [2.45, 2.75) is 19.3 Å². The van der Waals surface area contributed by atoms with Crippen LogP contribution in [0.25, 0.3) is 22.3 Å². The number of piperidine rings is 1. The van der Waals surface area contributed by atoms with Gasteiger partial charge in [0.1, 0.15) is 17.4 Å². The molecule has 1 aromatic carbocycles. The smallest absolute Gasteiger partial charge is 0.226 e.